The normalized spacial score (nSPS) is 16.5. The van der Waals surface area contributed by atoms with E-state index in [1.807, 2.05) is 10.7 Å². The van der Waals surface area contributed by atoms with Crippen molar-refractivity contribution in [3.05, 3.63) is 52.4 Å². The van der Waals surface area contributed by atoms with Gasteiger partial charge in [0.25, 0.3) is 5.56 Å². The molecular formula is C22H26F3N5O. The molecule has 2 aromatic heterocycles. The van der Waals surface area contributed by atoms with Gasteiger partial charge in [0.05, 0.1) is 18.1 Å². The molecule has 1 aromatic carbocycles. The SMILES string of the molecule is CC(NCC(F)(F)F)c1ccc(Nc2nn(C3CCCCC3)c3cc[nH]c(=O)c23)cc1. The van der Waals surface area contributed by atoms with Crippen molar-refractivity contribution in [2.24, 2.45) is 0 Å². The van der Waals surface area contributed by atoms with Crippen molar-refractivity contribution in [2.75, 3.05) is 11.9 Å². The number of benzene rings is 1. The van der Waals surface area contributed by atoms with Crippen LogP contribution in [0.1, 0.15) is 56.7 Å². The molecule has 2 heterocycles. The Morgan fingerprint density at radius 1 is 1.16 bits per heavy atom. The van der Waals surface area contributed by atoms with E-state index in [9.17, 15) is 18.0 Å². The van der Waals surface area contributed by atoms with Gasteiger partial charge in [0.15, 0.2) is 5.82 Å². The number of aromatic nitrogens is 3. The Morgan fingerprint density at radius 3 is 2.55 bits per heavy atom. The van der Waals surface area contributed by atoms with E-state index in [0.29, 0.717) is 16.9 Å². The van der Waals surface area contributed by atoms with Gasteiger partial charge in [-0.3, -0.25) is 9.48 Å². The Bertz CT molecular complexity index is 1080. The van der Waals surface area contributed by atoms with Crippen LogP contribution in [-0.4, -0.2) is 27.5 Å². The van der Waals surface area contributed by atoms with Crippen LogP contribution in [0.25, 0.3) is 10.9 Å². The lowest BCUT2D eigenvalue weighted by molar-refractivity contribution is -0.126. The summed E-state index contributed by atoms with van der Waals surface area (Å²) in [6, 6.07) is 8.80. The maximum Gasteiger partial charge on any atom is 0.401 e. The molecule has 3 aromatic rings. The highest BCUT2D eigenvalue weighted by Gasteiger charge is 2.27. The average molecular weight is 433 g/mol. The van der Waals surface area contributed by atoms with Gasteiger partial charge >= 0.3 is 6.18 Å². The number of pyridine rings is 1. The zero-order valence-corrected chi connectivity index (χ0v) is 17.3. The van der Waals surface area contributed by atoms with Gasteiger partial charge in [0.1, 0.15) is 5.39 Å². The summed E-state index contributed by atoms with van der Waals surface area (Å²) in [5.74, 6) is 0.485. The smallest absolute Gasteiger partial charge is 0.338 e. The molecule has 9 heteroatoms. The molecule has 0 radical (unpaired) electrons. The van der Waals surface area contributed by atoms with Gasteiger partial charge < -0.3 is 15.6 Å². The van der Waals surface area contributed by atoms with Crippen molar-refractivity contribution < 1.29 is 13.2 Å². The van der Waals surface area contributed by atoms with Gasteiger partial charge in [-0.05, 0) is 43.5 Å². The van der Waals surface area contributed by atoms with Gasteiger partial charge in [0.2, 0.25) is 0 Å². The molecule has 4 rings (SSSR count). The molecule has 1 aliphatic carbocycles. The Balaban J connectivity index is 1.56. The summed E-state index contributed by atoms with van der Waals surface area (Å²) in [6.07, 6.45) is 3.01. The van der Waals surface area contributed by atoms with E-state index < -0.39 is 18.8 Å². The highest BCUT2D eigenvalue weighted by atomic mass is 19.4. The number of anilines is 2. The van der Waals surface area contributed by atoms with Crippen LogP contribution in [0.15, 0.2) is 41.3 Å². The van der Waals surface area contributed by atoms with Crippen LogP contribution in [-0.2, 0) is 0 Å². The monoisotopic (exact) mass is 433 g/mol. The van der Waals surface area contributed by atoms with E-state index in [1.165, 1.54) is 6.42 Å². The second-order valence-electron chi connectivity index (χ2n) is 8.12. The molecule has 1 fully saturated rings. The van der Waals surface area contributed by atoms with Gasteiger partial charge in [-0.25, -0.2) is 0 Å². The van der Waals surface area contributed by atoms with Crippen molar-refractivity contribution in [3.63, 3.8) is 0 Å². The number of aromatic amines is 1. The fraction of sp³-hybridized carbons (Fsp3) is 0.455. The summed E-state index contributed by atoms with van der Waals surface area (Å²) in [6.45, 7) is 0.647. The molecule has 1 aliphatic rings. The lowest BCUT2D eigenvalue weighted by atomic mass is 9.95. The molecule has 31 heavy (non-hydrogen) atoms. The first-order valence-corrected chi connectivity index (χ1v) is 10.6. The number of hydrogen-bond acceptors (Lipinski definition) is 4. The summed E-state index contributed by atoms with van der Waals surface area (Å²) in [7, 11) is 0. The lowest BCUT2D eigenvalue weighted by Gasteiger charge is -2.22. The van der Waals surface area contributed by atoms with E-state index >= 15 is 0 Å². The quantitative estimate of drug-likeness (QED) is 0.500. The Morgan fingerprint density at radius 2 is 1.87 bits per heavy atom. The highest BCUT2D eigenvalue weighted by Crippen LogP contribution is 2.33. The number of alkyl halides is 3. The molecular weight excluding hydrogens is 407 g/mol. The van der Waals surface area contributed by atoms with Crippen LogP contribution in [0.5, 0.6) is 0 Å². The maximum absolute atomic E-state index is 12.5. The third-order valence-corrected chi connectivity index (χ3v) is 5.83. The highest BCUT2D eigenvalue weighted by molar-refractivity contribution is 5.91. The zero-order chi connectivity index (χ0) is 22.0. The molecule has 1 atom stereocenters. The fourth-order valence-corrected chi connectivity index (χ4v) is 4.17. The Hall–Kier alpha value is -2.81. The van der Waals surface area contributed by atoms with Crippen molar-refractivity contribution in [3.8, 4) is 0 Å². The van der Waals surface area contributed by atoms with Crippen molar-refractivity contribution in [2.45, 2.75) is 57.3 Å². The van der Waals surface area contributed by atoms with Crippen LogP contribution < -0.4 is 16.2 Å². The Labute approximate surface area is 177 Å². The van der Waals surface area contributed by atoms with Gasteiger partial charge in [-0.1, -0.05) is 31.4 Å². The third-order valence-electron chi connectivity index (χ3n) is 5.83. The van der Waals surface area contributed by atoms with Gasteiger partial charge in [-0.15, -0.1) is 0 Å². The standard InChI is InChI=1S/C22H26F3N5O/c1-14(27-13-22(23,24)25)15-7-9-16(10-8-15)28-20-19-18(11-12-26-21(19)31)30(29-20)17-5-3-2-4-6-17/h7-12,14,17,27H,2-6,13H2,1H3,(H,26,31)(H,28,29). The Kier molecular flexibility index (Phi) is 6.04. The minimum Gasteiger partial charge on any atom is -0.338 e. The number of nitrogens with one attached hydrogen (secondary N) is 3. The summed E-state index contributed by atoms with van der Waals surface area (Å²) >= 11 is 0. The van der Waals surface area contributed by atoms with E-state index in [2.05, 4.69) is 15.6 Å². The molecule has 0 amide bonds. The number of fused-ring (bicyclic) bond motifs is 1. The summed E-state index contributed by atoms with van der Waals surface area (Å²) in [5.41, 5.74) is 2.05. The van der Waals surface area contributed by atoms with E-state index in [4.69, 9.17) is 5.10 Å². The van der Waals surface area contributed by atoms with Crippen molar-refractivity contribution in [1.82, 2.24) is 20.1 Å². The molecule has 0 spiro atoms. The van der Waals surface area contributed by atoms with Crippen LogP contribution in [0, 0.1) is 0 Å². The van der Waals surface area contributed by atoms with E-state index in [-0.39, 0.29) is 11.6 Å². The molecule has 0 saturated heterocycles. The number of H-pyrrole nitrogens is 1. The number of hydrogen-bond donors (Lipinski definition) is 3. The first-order valence-electron chi connectivity index (χ1n) is 10.6. The molecule has 3 N–H and O–H groups in total. The first-order chi connectivity index (χ1) is 14.8. The molecule has 1 saturated carbocycles. The molecule has 1 unspecified atom stereocenters. The van der Waals surface area contributed by atoms with Gasteiger partial charge in [-0.2, -0.15) is 18.3 Å². The van der Waals surface area contributed by atoms with Crippen molar-refractivity contribution >= 4 is 22.4 Å². The topological polar surface area (TPSA) is 74.7 Å². The minimum absolute atomic E-state index is 0.205. The van der Waals surface area contributed by atoms with Crippen LogP contribution >= 0.6 is 0 Å². The second kappa shape index (κ2) is 8.74. The molecule has 166 valence electrons. The largest absolute Gasteiger partial charge is 0.401 e. The number of halogens is 3. The van der Waals surface area contributed by atoms with Crippen LogP contribution in [0.2, 0.25) is 0 Å². The molecule has 6 nitrogen and oxygen atoms in total. The predicted octanol–water partition coefficient (Wildman–Crippen LogP) is 5.19. The number of nitrogens with zero attached hydrogens (tertiary/aromatic N) is 2. The van der Waals surface area contributed by atoms with Crippen LogP contribution in [0.4, 0.5) is 24.7 Å². The maximum atomic E-state index is 12.5. The first kappa shape index (κ1) is 21.4. The van der Waals surface area contributed by atoms with Crippen molar-refractivity contribution in [1.29, 1.82) is 0 Å². The van der Waals surface area contributed by atoms with E-state index in [0.717, 1.165) is 36.8 Å². The zero-order valence-electron chi connectivity index (χ0n) is 17.3. The molecule has 0 aliphatic heterocycles. The second-order valence-corrected chi connectivity index (χ2v) is 8.12. The van der Waals surface area contributed by atoms with E-state index in [1.54, 1.807) is 37.4 Å². The summed E-state index contributed by atoms with van der Waals surface area (Å²) in [5, 5.41) is 10.9. The third kappa shape index (κ3) is 4.92. The molecule has 0 bridgehead atoms. The average Bonchev–Trinajstić information content (AvgIpc) is 3.12. The van der Waals surface area contributed by atoms with Crippen LogP contribution in [0.3, 0.4) is 0 Å². The fourth-order valence-electron chi connectivity index (χ4n) is 4.17. The predicted molar refractivity (Wildman–Crippen MR) is 115 cm³/mol. The van der Waals surface area contributed by atoms with Gasteiger partial charge in [0, 0.05) is 17.9 Å². The summed E-state index contributed by atoms with van der Waals surface area (Å²) in [4.78, 5) is 15.3. The minimum atomic E-state index is -4.25. The number of rotatable bonds is 6. The lowest BCUT2D eigenvalue weighted by Crippen LogP contribution is -2.30. The summed E-state index contributed by atoms with van der Waals surface area (Å²) < 4.78 is 39.2.